The van der Waals surface area contributed by atoms with E-state index in [0.717, 1.165) is 5.57 Å². The minimum atomic E-state index is -0.950. The number of nitrogens with zero attached hydrogens (tertiary/aromatic N) is 1. The van der Waals surface area contributed by atoms with E-state index in [1.54, 1.807) is 36.4 Å². The van der Waals surface area contributed by atoms with Gasteiger partial charge in [0.05, 0.1) is 6.42 Å². The van der Waals surface area contributed by atoms with Crippen LogP contribution in [0.2, 0.25) is 0 Å². The van der Waals surface area contributed by atoms with Crippen molar-refractivity contribution in [1.29, 1.82) is 0 Å². The summed E-state index contributed by atoms with van der Waals surface area (Å²) in [7, 11) is 0. The van der Waals surface area contributed by atoms with Crippen LogP contribution in [-0.2, 0) is 14.3 Å². The molecule has 1 aliphatic rings. The summed E-state index contributed by atoms with van der Waals surface area (Å²) < 4.78 is 16.3. The van der Waals surface area contributed by atoms with Crippen molar-refractivity contribution < 1.29 is 28.6 Å². The fourth-order valence-corrected chi connectivity index (χ4v) is 3.30. The first-order chi connectivity index (χ1) is 15.9. The van der Waals surface area contributed by atoms with Crippen molar-refractivity contribution >= 4 is 17.8 Å². The standard InChI is InChI=1S/C25H28N2O6/c1-18(2)17-33-21-10-6-7-19(15-21)25(30)27-12-11-26-24(29)22(27)16-23(28)32-14-13-31-20-8-4-3-5-9-20/h3-10,15,22H,1,11-14,16-17H2,2H3,(H,26,29). The normalized spacial score (nSPS) is 15.4. The zero-order chi connectivity index (χ0) is 23.6. The van der Waals surface area contributed by atoms with Gasteiger partial charge in [-0.25, -0.2) is 0 Å². The molecule has 2 aromatic rings. The molecule has 1 saturated heterocycles. The molecular formula is C25H28N2O6. The molecule has 0 radical (unpaired) electrons. The third kappa shape index (κ3) is 7.10. The highest BCUT2D eigenvalue weighted by Gasteiger charge is 2.35. The number of ether oxygens (including phenoxy) is 3. The zero-order valence-corrected chi connectivity index (χ0v) is 18.6. The maximum atomic E-state index is 13.1. The smallest absolute Gasteiger partial charge is 0.308 e. The fraction of sp³-hybridized carbons (Fsp3) is 0.320. The van der Waals surface area contributed by atoms with Gasteiger partial charge in [0, 0.05) is 18.7 Å². The zero-order valence-electron chi connectivity index (χ0n) is 18.6. The molecular weight excluding hydrogens is 424 g/mol. The Balaban J connectivity index is 1.57. The summed E-state index contributed by atoms with van der Waals surface area (Å²) in [5, 5.41) is 2.71. The number of para-hydroxylation sites is 1. The lowest BCUT2D eigenvalue weighted by Crippen LogP contribution is -2.57. The summed E-state index contributed by atoms with van der Waals surface area (Å²) in [6, 6.07) is 14.9. The van der Waals surface area contributed by atoms with Crippen molar-refractivity contribution in [2.24, 2.45) is 0 Å². The highest BCUT2D eigenvalue weighted by Crippen LogP contribution is 2.19. The van der Waals surface area contributed by atoms with E-state index in [1.807, 2.05) is 25.1 Å². The van der Waals surface area contributed by atoms with Crippen LogP contribution in [0.3, 0.4) is 0 Å². The lowest BCUT2D eigenvalue weighted by atomic mass is 10.1. The van der Waals surface area contributed by atoms with Crippen LogP contribution in [0.5, 0.6) is 11.5 Å². The van der Waals surface area contributed by atoms with Crippen LogP contribution in [0.1, 0.15) is 23.7 Å². The molecule has 1 heterocycles. The summed E-state index contributed by atoms with van der Waals surface area (Å²) in [4.78, 5) is 39.4. The van der Waals surface area contributed by atoms with Crippen molar-refractivity contribution in [3.05, 3.63) is 72.3 Å². The Bertz CT molecular complexity index is 991. The molecule has 1 fully saturated rings. The minimum absolute atomic E-state index is 0.0398. The molecule has 0 aliphatic carbocycles. The predicted octanol–water partition coefficient (Wildman–Crippen LogP) is 2.59. The summed E-state index contributed by atoms with van der Waals surface area (Å²) in [6.45, 7) is 6.81. The number of nitrogens with one attached hydrogen (secondary N) is 1. The van der Waals surface area contributed by atoms with Gasteiger partial charge >= 0.3 is 5.97 Å². The van der Waals surface area contributed by atoms with E-state index in [9.17, 15) is 14.4 Å². The molecule has 0 spiro atoms. The van der Waals surface area contributed by atoms with Crippen LogP contribution < -0.4 is 14.8 Å². The molecule has 0 aromatic heterocycles. The molecule has 1 unspecified atom stereocenters. The van der Waals surface area contributed by atoms with Crippen LogP contribution in [-0.4, -0.2) is 61.6 Å². The van der Waals surface area contributed by atoms with E-state index >= 15 is 0 Å². The number of rotatable bonds is 10. The highest BCUT2D eigenvalue weighted by atomic mass is 16.6. The average Bonchev–Trinajstić information content (AvgIpc) is 2.82. The van der Waals surface area contributed by atoms with E-state index < -0.39 is 12.0 Å². The molecule has 2 aromatic carbocycles. The first-order valence-electron chi connectivity index (χ1n) is 10.7. The van der Waals surface area contributed by atoms with Crippen molar-refractivity contribution in [1.82, 2.24) is 10.2 Å². The summed E-state index contributed by atoms with van der Waals surface area (Å²) in [5.74, 6) is -0.117. The average molecular weight is 453 g/mol. The van der Waals surface area contributed by atoms with Crippen molar-refractivity contribution in [2.45, 2.75) is 19.4 Å². The van der Waals surface area contributed by atoms with E-state index in [1.165, 1.54) is 4.90 Å². The lowest BCUT2D eigenvalue weighted by molar-refractivity contribution is -0.148. The number of hydrogen-bond acceptors (Lipinski definition) is 6. The van der Waals surface area contributed by atoms with Crippen LogP contribution in [0.4, 0.5) is 0 Å². The van der Waals surface area contributed by atoms with Crippen LogP contribution in [0.15, 0.2) is 66.7 Å². The minimum Gasteiger partial charge on any atom is -0.490 e. The van der Waals surface area contributed by atoms with Gasteiger partial charge in [0.2, 0.25) is 5.91 Å². The largest absolute Gasteiger partial charge is 0.490 e. The Kier molecular flexibility index (Phi) is 8.46. The number of piperazine rings is 1. The third-order valence-corrected chi connectivity index (χ3v) is 4.88. The number of benzene rings is 2. The Labute approximate surface area is 193 Å². The van der Waals surface area contributed by atoms with Gasteiger partial charge in [-0.05, 0) is 42.8 Å². The number of esters is 1. The lowest BCUT2D eigenvalue weighted by Gasteiger charge is -2.34. The van der Waals surface area contributed by atoms with Gasteiger partial charge in [-0.15, -0.1) is 0 Å². The molecule has 0 bridgehead atoms. The molecule has 1 N–H and O–H groups in total. The number of carbonyl (C=O) groups is 3. The number of carbonyl (C=O) groups excluding carboxylic acids is 3. The Morgan fingerprint density at radius 1 is 1.06 bits per heavy atom. The van der Waals surface area contributed by atoms with Gasteiger partial charge < -0.3 is 24.4 Å². The quantitative estimate of drug-likeness (QED) is 0.338. The van der Waals surface area contributed by atoms with Crippen LogP contribution in [0, 0.1) is 0 Å². The second-order valence-corrected chi connectivity index (χ2v) is 7.67. The molecule has 1 aliphatic heterocycles. The second-order valence-electron chi connectivity index (χ2n) is 7.67. The fourth-order valence-electron chi connectivity index (χ4n) is 3.30. The van der Waals surface area contributed by atoms with Gasteiger partial charge in [0.1, 0.15) is 37.4 Å². The van der Waals surface area contributed by atoms with Crippen LogP contribution in [0.25, 0.3) is 0 Å². The number of hydrogen-bond donors (Lipinski definition) is 1. The Morgan fingerprint density at radius 2 is 1.82 bits per heavy atom. The highest BCUT2D eigenvalue weighted by molar-refractivity contribution is 5.99. The number of amides is 2. The molecule has 33 heavy (non-hydrogen) atoms. The molecule has 3 rings (SSSR count). The Hall–Kier alpha value is -3.81. The van der Waals surface area contributed by atoms with Gasteiger partial charge in [-0.2, -0.15) is 0 Å². The maximum Gasteiger partial charge on any atom is 0.308 e. The maximum absolute atomic E-state index is 13.1. The molecule has 174 valence electrons. The second kappa shape index (κ2) is 11.7. The molecule has 8 nitrogen and oxygen atoms in total. The van der Waals surface area contributed by atoms with E-state index in [2.05, 4.69) is 11.9 Å². The van der Waals surface area contributed by atoms with Gasteiger partial charge in [0.25, 0.3) is 5.91 Å². The first kappa shape index (κ1) is 23.8. The molecule has 2 amide bonds. The predicted molar refractivity (Wildman–Crippen MR) is 122 cm³/mol. The first-order valence-corrected chi connectivity index (χ1v) is 10.7. The van der Waals surface area contributed by atoms with Crippen molar-refractivity contribution in [2.75, 3.05) is 32.9 Å². The Morgan fingerprint density at radius 3 is 2.58 bits per heavy atom. The monoisotopic (exact) mass is 452 g/mol. The van der Waals surface area contributed by atoms with E-state index in [4.69, 9.17) is 14.2 Å². The molecule has 0 saturated carbocycles. The topological polar surface area (TPSA) is 94.2 Å². The van der Waals surface area contributed by atoms with E-state index in [0.29, 0.717) is 30.2 Å². The van der Waals surface area contributed by atoms with Crippen molar-refractivity contribution in [3.8, 4) is 11.5 Å². The summed E-state index contributed by atoms with van der Waals surface area (Å²) in [6.07, 6.45) is -0.241. The summed E-state index contributed by atoms with van der Waals surface area (Å²) >= 11 is 0. The van der Waals surface area contributed by atoms with Crippen LogP contribution >= 0.6 is 0 Å². The van der Waals surface area contributed by atoms with Gasteiger partial charge in [-0.3, -0.25) is 14.4 Å². The molecule has 8 heteroatoms. The summed E-state index contributed by atoms with van der Waals surface area (Å²) in [5.41, 5.74) is 1.23. The third-order valence-electron chi connectivity index (χ3n) is 4.88. The van der Waals surface area contributed by atoms with E-state index in [-0.39, 0.29) is 38.0 Å². The van der Waals surface area contributed by atoms with Crippen molar-refractivity contribution in [3.63, 3.8) is 0 Å². The van der Waals surface area contributed by atoms with Gasteiger partial charge in [0.15, 0.2) is 0 Å². The van der Waals surface area contributed by atoms with Gasteiger partial charge in [-0.1, -0.05) is 30.8 Å². The SMILES string of the molecule is C=C(C)COc1cccc(C(=O)N2CCNC(=O)C2CC(=O)OCCOc2ccccc2)c1. The molecule has 1 atom stereocenters.